The summed E-state index contributed by atoms with van der Waals surface area (Å²) in [7, 11) is 3.28. The van der Waals surface area contributed by atoms with Crippen molar-refractivity contribution in [2.75, 3.05) is 14.2 Å². The smallest absolute Gasteiger partial charge is 0.258 e. The van der Waals surface area contributed by atoms with Crippen LogP contribution in [0, 0.1) is 0 Å². The average Bonchev–Trinajstić information content (AvgIpc) is 2.68. The van der Waals surface area contributed by atoms with Crippen LogP contribution in [-0.4, -0.2) is 30.1 Å². The van der Waals surface area contributed by atoms with Crippen LogP contribution in [0.25, 0.3) is 11.8 Å². The minimum Gasteiger partial charge on any atom is -0.508 e. The summed E-state index contributed by atoms with van der Waals surface area (Å²) in [5, 5.41) is 9.70. The Hall–Kier alpha value is -2.95. The molecule has 1 N–H and O–H groups in total. The topological polar surface area (TPSA) is 59.0 Å². The van der Waals surface area contributed by atoms with Gasteiger partial charge in [-0.3, -0.25) is 4.79 Å². The number of ether oxygens (including phenoxy) is 2. The summed E-state index contributed by atoms with van der Waals surface area (Å²) in [4.78, 5) is 14.0. The molecule has 0 saturated heterocycles. The maximum Gasteiger partial charge on any atom is 0.258 e. The van der Waals surface area contributed by atoms with Crippen molar-refractivity contribution in [2.24, 2.45) is 0 Å². The minimum absolute atomic E-state index is 0.0858. The molecule has 0 spiro atoms. The molecule has 0 fully saturated rings. The third-order valence-corrected chi connectivity index (χ3v) is 3.99. The molecule has 0 bridgehead atoms. The summed E-state index contributed by atoms with van der Waals surface area (Å²) >= 11 is 0. The first-order valence-corrected chi connectivity index (χ1v) is 6.82. The van der Waals surface area contributed by atoms with E-state index in [4.69, 9.17) is 9.47 Å². The first-order chi connectivity index (χ1) is 10.6. The number of fused-ring (bicyclic) bond motifs is 1. The van der Waals surface area contributed by atoms with Gasteiger partial charge >= 0.3 is 0 Å². The van der Waals surface area contributed by atoms with Gasteiger partial charge in [0.15, 0.2) is 11.5 Å². The largest absolute Gasteiger partial charge is 0.508 e. The summed E-state index contributed by atoms with van der Waals surface area (Å²) in [5.74, 6) is 1.75. The average molecular weight is 295 g/mol. The van der Waals surface area contributed by atoms with E-state index in [1.54, 1.807) is 49.4 Å². The fraction of sp³-hybridized carbons (Fsp3) is 0.118. The number of amides is 1. The lowest BCUT2D eigenvalue weighted by molar-refractivity contribution is 0.0875. The molecule has 2 aromatic carbocycles. The van der Waals surface area contributed by atoms with Gasteiger partial charge in [-0.1, -0.05) is 0 Å². The van der Waals surface area contributed by atoms with Gasteiger partial charge < -0.3 is 19.5 Å². The van der Waals surface area contributed by atoms with E-state index in [0.29, 0.717) is 28.4 Å². The Bertz CT molecular complexity index is 854. The van der Waals surface area contributed by atoms with Crippen LogP contribution >= 0.6 is 0 Å². The number of phenolic OH excluding ortho intramolecular Hbond substituents is 1. The van der Waals surface area contributed by atoms with Gasteiger partial charge in [0, 0.05) is 12.6 Å². The van der Waals surface area contributed by atoms with E-state index in [2.05, 4.69) is 0 Å². The van der Waals surface area contributed by atoms with Crippen LogP contribution in [0.1, 0.15) is 21.5 Å². The van der Waals surface area contributed by atoms with Gasteiger partial charge in [-0.25, -0.2) is 0 Å². The van der Waals surface area contributed by atoms with Gasteiger partial charge in [0.25, 0.3) is 5.91 Å². The number of carbonyl (C=O) groups is 1. The van der Waals surface area contributed by atoms with Crippen LogP contribution < -0.4 is 9.47 Å². The highest BCUT2D eigenvalue weighted by Crippen LogP contribution is 2.49. The fourth-order valence-corrected chi connectivity index (χ4v) is 2.88. The normalized spacial score (nSPS) is 14.7. The summed E-state index contributed by atoms with van der Waals surface area (Å²) in [6.07, 6.45) is 1.84. The van der Waals surface area contributed by atoms with Crippen LogP contribution in [0.4, 0.5) is 0 Å². The van der Waals surface area contributed by atoms with Gasteiger partial charge in [0.05, 0.1) is 23.9 Å². The molecule has 0 saturated carbocycles. The van der Waals surface area contributed by atoms with Gasteiger partial charge in [0.1, 0.15) is 11.5 Å². The molecule has 2 aliphatic rings. The number of aromatic hydroxyl groups is 1. The third-order valence-electron chi connectivity index (χ3n) is 3.99. The number of hydrogen-bond donors (Lipinski definition) is 1. The molecule has 2 aliphatic heterocycles. The van der Waals surface area contributed by atoms with Crippen molar-refractivity contribution >= 4 is 17.7 Å². The molecule has 0 aromatic heterocycles. The third kappa shape index (κ3) is 1.56. The maximum atomic E-state index is 12.4. The Kier molecular flexibility index (Phi) is 2.48. The molecule has 4 rings (SSSR count). The zero-order chi connectivity index (χ0) is 15.4. The zero-order valence-electron chi connectivity index (χ0n) is 12.1. The lowest BCUT2D eigenvalue weighted by Gasteiger charge is -2.13. The zero-order valence-corrected chi connectivity index (χ0v) is 12.1. The SMILES string of the molecule is COc1ccc2c3c1Oc1ccc(O)cc1C=C3N(C)C2=O. The van der Waals surface area contributed by atoms with E-state index in [-0.39, 0.29) is 11.7 Å². The second kappa shape index (κ2) is 4.27. The van der Waals surface area contributed by atoms with E-state index in [1.807, 2.05) is 6.08 Å². The first-order valence-electron chi connectivity index (χ1n) is 6.82. The highest BCUT2D eigenvalue weighted by molar-refractivity contribution is 6.13. The number of carbonyl (C=O) groups excluding carboxylic acids is 1. The summed E-state index contributed by atoms with van der Waals surface area (Å²) in [6.45, 7) is 0. The lowest BCUT2D eigenvalue weighted by Crippen LogP contribution is -2.16. The van der Waals surface area contributed by atoms with E-state index < -0.39 is 0 Å². The number of hydrogen-bond acceptors (Lipinski definition) is 4. The first kappa shape index (κ1) is 12.8. The van der Waals surface area contributed by atoms with E-state index in [1.165, 1.54) is 0 Å². The van der Waals surface area contributed by atoms with Crippen LogP contribution in [0.15, 0.2) is 30.3 Å². The number of rotatable bonds is 1. The van der Waals surface area contributed by atoms with Gasteiger partial charge in [-0.2, -0.15) is 0 Å². The number of phenols is 1. The molecule has 22 heavy (non-hydrogen) atoms. The Labute approximate surface area is 127 Å². The quantitative estimate of drug-likeness (QED) is 0.878. The molecule has 2 heterocycles. The van der Waals surface area contributed by atoms with E-state index >= 15 is 0 Å². The summed E-state index contributed by atoms with van der Waals surface area (Å²) in [5.41, 5.74) is 2.75. The van der Waals surface area contributed by atoms with Crippen molar-refractivity contribution in [1.82, 2.24) is 4.90 Å². The molecule has 0 unspecified atom stereocenters. The number of benzene rings is 2. The molecule has 110 valence electrons. The molecule has 5 heteroatoms. The summed E-state index contributed by atoms with van der Waals surface area (Å²) < 4.78 is 11.4. The Balaban J connectivity index is 2.07. The van der Waals surface area contributed by atoms with Crippen molar-refractivity contribution in [3.63, 3.8) is 0 Å². The van der Waals surface area contributed by atoms with Crippen molar-refractivity contribution in [3.8, 4) is 23.0 Å². The van der Waals surface area contributed by atoms with Crippen molar-refractivity contribution < 1.29 is 19.4 Å². The second-order valence-corrected chi connectivity index (χ2v) is 5.24. The Morgan fingerprint density at radius 2 is 2.05 bits per heavy atom. The minimum atomic E-state index is -0.0858. The molecule has 1 amide bonds. The number of nitrogens with zero attached hydrogens (tertiary/aromatic N) is 1. The summed E-state index contributed by atoms with van der Waals surface area (Å²) in [6, 6.07) is 8.34. The molecule has 0 aliphatic carbocycles. The molecular weight excluding hydrogens is 282 g/mol. The van der Waals surface area contributed by atoms with Crippen LogP contribution in [-0.2, 0) is 0 Å². The highest BCUT2D eigenvalue weighted by Gasteiger charge is 2.36. The Morgan fingerprint density at radius 1 is 1.23 bits per heavy atom. The van der Waals surface area contributed by atoms with Crippen LogP contribution in [0.3, 0.4) is 0 Å². The molecular formula is C17H13NO4. The van der Waals surface area contributed by atoms with Gasteiger partial charge in [-0.05, 0) is 36.4 Å². The molecule has 0 radical (unpaired) electrons. The number of methoxy groups -OCH3 is 1. The van der Waals surface area contributed by atoms with Crippen molar-refractivity contribution in [3.05, 3.63) is 47.0 Å². The van der Waals surface area contributed by atoms with E-state index in [9.17, 15) is 9.90 Å². The van der Waals surface area contributed by atoms with Crippen molar-refractivity contribution in [2.45, 2.75) is 0 Å². The second-order valence-electron chi connectivity index (χ2n) is 5.24. The van der Waals surface area contributed by atoms with Crippen LogP contribution in [0.2, 0.25) is 0 Å². The maximum absolute atomic E-state index is 12.4. The standard InChI is InChI=1S/C17H13NO4/c1-18-12-8-9-7-10(19)3-5-13(9)22-16-14(21-2)6-4-11(15(12)16)17(18)20/h3-8,19H,1-2H3. The predicted molar refractivity (Wildman–Crippen MR) is 81.1 cm³/mol. The van der Waals surface area contributed by atoms with Crippen molar-refractivity contribution in [1.29, 1.82) is 0 Å². The Morgan fingerprint density at radius 3 is 2.82 bits per heavy atom. The monoisotopic (exact) mass is 295 g/mol. The lowest BCUT2D eigenvalue weighted by atomic mass is 10.1. The molecule has 2 aromatic rings. The van der Waals surface area contributed by atoms with Crippen LogP contribution in [0.5, 0.6) is 23.0 Å². The van der Waals surface area contributed by atoms with E-state index in [0.717, 1.165) is 11.3 Å². The molecule has 0 atom stereocenters. The fourth-order valence-electron chi connectivity index (χ4n) is 2.88. The van der Waals surface area contributed by atoms with Gasteiger partial charge in [-0.15, -0.1) is 0 Å². The molecule has 5 nitrogen and oxygen atoms in total. The predicted octanol–water partition coefficient (Wildman–Crippen LogP) is 3.09. The van der Waals surface area contributed by atoms with Gasteiger partial charge in [0.2, 0.25) is 0 Å². The highest BCUT2D eigenvalue weighted by atomic mass is 16.5.